The zero-order chi connectivity index (χ0) is 11.1. The smallest absolute Gasteiger partial charge is 0.163 e. The minimum absolute atomic E-state index is 0.349. The van der Waals surface area contributed by atoms with Crippen LogP contribution in [-0.4, -0.2) is 30.8 Å². The molecule has 0 spiro atoms. The molecule has 3 rings (SSSR count). The standard InChI is InChI=1S/C14H17NO/c1-15-7-6-10-8-14(16)12-5-3-2-4-11(12)13(10)9-15/h2-5,10,13H,6-9H2,1H3/t10-,13-/m1/s1. The van der Waals surface area contributed by atoms with Crippen LogP contribution in [0.4, 0.5) is 0 Å². The van der Waals surface area contributed by atoms with E-state index < -0.39 is 0 Å². The Balaban J connectivity index is 2.04. The van der Waals surface area contributed by atoms with Crippen LogP contribution >= 0.6 is 0 Å². The first kappa shape index (κ1) is 10.0. The van der Waals surface area contributed by atoms with Crippen molar-refractivity contribution in [1.82, 2.24) is 4.90 Å². The van der Waals surface area contributed by atoms with Crippen molar-refractivity contribution in [2.24, 2.45) is 5.92 Å². The molecule has 1 saturated heterocycles. The summed E-state index contributed by atoms with van der Waals surface area (Å²) in [5, 5.41) is 0. The number of piperidine rings is 1. The summed E-state index contributed by atoms with van der Waals surface area (Å²) in [6.45, 7) is 2.24. The molecule has 1 aliphatic carbocycles. The van der Waals surface area contributed by atoms with Crippen molar-refractivity contribution >= 4 is 5.78 Å². The molecule has 1 heterocycles. The Morgan fingerprint density at radius 2 is 2.12 bits per heavy atom. The van der Waals surface area contributed by atoms with Crippen molar-refractivity contribution < 1.29 is 4.79 Å². The molecule has 0 amide bonds. The minimum Gasteiger partial charge on any atom is -0.306 e. The van der Waals surface area contributed by atoms with E-state index in [0.717, 1.165) is 25.1 Å². The number of benzene rings is 1. The average molecular weight is 215 g/mol. The molecule has 0 bridgehead atoms. The van der Waals surface area contributed by atoms with Crippen LogP contribution < -0.4 is 0 Å². The predicted octanol–water partition coefficient (Wildman–Crippen LogP) is 2.31. The Hall–Kier alpha value is -1.15. The van der Waals surface area contributed by atoms with Crippen molar-refractivity contribution in [3.63, 3.8) is 0 Å². The minimum atomic E-state index is 0.349. The first-order valence-corrected chi connectivity index (χ1v) is 6.06. The van der Waals surface area contributed by atoms with Crippen molar-refractivity contribution in [3.05, 3.63) is 35.4 Å². The highest BCUT2D eigenvalue weighted by molar-refractivity contribution is 5.99. The van der Waals surface area contributed by atoms with Gasteiger partial charge in [-0.1, -0.05) is 24.3 Å². The summed E-state index contributed by atoms with van der Waals surface area (Å²) < 4.78 is 0. The quantitative estimate of drug-likeness (QED) is 0.662. The van der Waals surface area contributed by atoms with Gasteiger partial charge in [-0.2, -0.15) is 0 Å². The van der Waals surface area contributed by atoms with Crippen LogP contribution in [0.5, 0.6) is 0 Å². The highest BCUT2D eigenvalue weighted by Crippen LogP contribution is 2.40. The lowest BCUT2D eigenvalue weighted by molar-refractivity contribution is 0.0887. The van der Waals surface area contributed by atoms with Gasteiger partial charge in [0.25, 0.3) is 0 Å². The average Bonchev–Trinajstić information content (AvgIpc) is 2.31. The van der Waals surface area contributed by atoms with Crippen LogP contribution in [0.3, 0.4) is 0 Å². The van der Waals surface area contributed by atoms with E-state index in [2.05, 4.69) is 24.1 Å². The molecule has 1 aliphatic heterocycles. The second-order valence-corrected chi connectivity index (χ2v) is 5.13. The third kappa shape index (κ3) is 1.49. The molecule has 2 atom stereocenters. The number of Topliss-reactive ketones (excluding diaryl/α,β-unsaturated/α-hetero) is 1. The fraction of sp³-hybridized carbons (Fsp3) is 0.500. The topological polar surface area (TPSA) is 20.3 Å². The predicted molar refractivity (Wildman–Crippen MR) is 63.7 cm³/mol. The Kier molecular flexibility index (Phi) is 2.32. The van der Waals surface area contributed by atoms with Crippen LogP contribution in [0.1, 0.15) is 34.7 Å². The number of ketones is 1. The summed E-state index contributed by atoms with van der Waals surface area (Å²) in [7, 11) is 2.18. The molecule has 0 N–H and O–H groups in total. The number of hydrogen-bond donors (Lipinski definition) is 0. The second-order valence-electron chi connectivity index (χ2n) is 5.13. The number of likely N-dealkylation sites (tertiary alicyclic amines) is 1. The molecule has 2 nitrogen and oxygen atoms in total. The van der Waals surface area contributed by atoms with Crippen LogP contribution in [0.25, 0.3) is 0 Å². The third-order valence-electron chi connectivity index (χ3n) is 4.07. The molecule has 0 aromatic heterocycles. The maximum atomic E-state index is 12.0. The monoisotopic (exact) mass is 215 g/mol. The van der Waals surface area contributed by atoms with E-state index in [1.807, 2.05) is 12.1 Å². The summed E-state index contributed by atoms with van der Waals surface area (Å²) >= 11 is 0. The van der Waals surface area contributed by atoms with Gasteiger partial charge in [-0.3, -0.25) is 4.79 Å². The summed E-state index contributed by atoms with van der Waals surface area (Å²) in [4.78, 5) is 14.4. The van der Waals surface area contributed by atoms with Gasteiger partial charge in [0.05, 0.1) is 0 Å². The van der Waals surface area contributed by atoms with Gasteiger partial charge in [0.2, 0.25) is 0 Å². The van der Waals surface area contributed by atoms with E-state index in [1.165, 1.54) is 12.0 Å². The van der Waals surface area contributed by atoms with Gasteiger partial charge in [0, 0.05) is 24.4 Å². The number of hydrogen-bond acceptors (Lipinski definition) is 2. The summed E-state index contributed by atoms with van der Waals surface area (Å²) in [5.74, 6) is 1.51. The normalized spacial score (nSPS) is 29.7. The molecular formula is C14H17NO. The van der Waals surface area contributed by atoms with Gasteiger partial charge in [-0.25, -0.2) is 0 Å². The van der Waals surface area contributed by atoms with Crippen LogP contribution in [0.2, 0.25) is 0 Å². The third-order valence-corrected chi connectivity index (χ3v) is 4.07. The first-order valence-electron chi connectivity index (χ1n) is 6.06. The van der Waals surface area contributed by atoms with E-state index in [-0.39, 0.29) is 0 Å². The summed E-state index contributed by atoms with van der Waals surface area (Å²) in [6, 6.07) is 8.17. The molecule has 1 fully saturated rings. The number of carbonyl (C=O) groups is 1. The fourth-order valence-electron chi connectivity index (χ4n) is 3.18. The number of nitrogens with zero attached hydrogens (tertiary/aromatic N) is 1. The van der Waals surface area contributed by atoms with Crippen LogP contribution in [0, 0.1) is 5.92 Å². The highest BCUT2D eigenvalue weighted by Gasteiger charge is 2.36. The maximum Gasteiger partial charge on any atom is 0.163 e. The van der Waals surface area contributed by atoms with Gasteiger partial charge in [0.1, 0.15) is 0 Å². The lowest BCUT2D eigenvalue weighted by Crippen LogP contribution is -2.40. The van der Waals surface area contributed by atoms with E-state index >= 15 is 0 Å². The lowest BCUT2D eigenvalue weighted by atomic mass is 9.71. The van der Waals surface area contributed by atoms with Crippen molar-refractivity contribution in [1.29, 1.82) is 0 Å². The molecule has 2 aliphatic rings. The van der Waals surface area contributed by atoms with Gasteiger partial charge >= 0.3 is 0 Å². The molecular weight excluding hydrogens is 198 g/mol. The van der Waals surface area contributed by atoms with Gasteiger partial charge in [0.15, 0.2) is 5.78 Å². The Bertz CT molecular complexity index is 426. The van der Waals surface area contributed by atoms with Crippen LogP contribution in [0.15, 0.2) is 24.3 Å². The number of carbonyl (C=O) groups excluding carboxylic acids is 1. The molecule has 1 aromatic carbocycles. The zero-order valence-electron chi connectivity index (χ0n) is 9.65. The van der Waals surface area contributed by atoms with Gasteiger partial charge < -0.3 is 4.90 Å². The molecule has 16 heavy (non-hydrogen) atoms. The van der Waals surface area contributed by atoms with Crippen molar-refractivity contribution in [3.8, 4) is 0 Å². The second kappa shape index (κ2) is 3.70. The lowest BCUT2D eigenvalue weighted by Gasteiger charge is -2.40. The molecule has 0 unspecified atom stereocenters. The largest absolute Gasteiger partial charge is 0.306 e. The number of fused-ring (bicyclic) bond motifs is 3. The fourth-order valence-corrected chi connectivity index (χ4v) is 3.18. The number of likely N-dealkylation sites (N-methyl/N-ethyl adjacent to an activating group) is 1. The summed E-state index contributed by atoms with van der Waals surface area (Å²) in [6.07, 6.45) is 1.93. The van der Waals surface area contributed by atoms with E-state index in [1.54, 1.807) is 0 Å². The first-order chi connectivity index (χ1) is 7.75. The maximum absolute atomic E-state index is 12.0. The van der Waals surface area contributed by atoms with Crippen molar-refractivity contribution in [2.75, 3.05) is 20.1 Å². The van der Waals surface area contributed by atoms with Gasteiger partial charge in [-0.05, 0) is 31.5 Å². The molecule has 84 valence electrons. The Morgan fingerprint density at radius 3 is 3.00 bits per heavy atom. The zero-order valence-corrected chi connectivity index (χ0v) is 9.65. The molecule has 0 radical (unpaired) electrons. The van der Waals surface area contributed by atoms with E-state index in [9.17, 15) is 4.79 Å². The number of rotatable bonds is 0. The van der Waals surface area contributed by atoms with Gasteiger partial charge in [-0.15, -0.1) is 0 Å². The molecule has 2 heteroatoms. The van der Waals surface area contributed by atoms with E-state index in [0.29, 0.717) is 17.6 Å². The van der Waals surface area contributed by atoms with E-state index in [4.69, 9.17) is 0 Å². The van der Waals surface area contributed by atoms with Crippen molar-refractivity contribution in [2.45, 2.75) is 18.8 Å². The highest BCUT2D eigenvalue weighted by atomic mass is 16.1. The van der Waals surface area contributed by atoms with Crippen LogP contribution in [-0.2, 0) is 0 Å². The summed E-state index contributed by atoms with van der Waals surface area (Å²) in [5.41, 5.74) is 2.26. The molecule has 0 saturated carbocycles. The Labute approximate surface area is 96.3 Å². The molecule has 1 aromatic rings. The Morgan fingerprint density at radius 1 is 1.31 bits per heavy atom. The SMILES string of the molecule is CN1CC[C@@H]2CC(=O)c3ccccc3[C@@H]2C1.